The lowest BCUT2D eigenvalue weighted by Crippen LogP contribution is -2.45. The van der Waals surface area contributed by atoms with Gasteiger partial charge in [-0.25, -0.2) is 17.2 Å². The zero-order valence-electron chi connectivity index (χ0n) is 20.1. The molecular weight excluding hydrogens is 494 g/mol. The lowest BCUT2D eigenvalue weighted by molar-refractivity contribution is -0.126. The molecule has 1 amide bonds. The fraction of sp³-hybridized carbons (Fsp3) is 0.500. The predicted octanol–water partition coefficient (Wildman–Crippen LogP) is 2.28. The molecule has 0 saturated carbocycles. The third kappa shape index (κ3) is 6.17. The number of carbonyl (C=O) groups is 1. The summed E-state index contributed by atoms with van der Waals surface area (Å²) in [5.74, 6) is -1.86. The Morgan fingerprint density at radius 1 is 1.17 bits per heavy atom. The van der Waals surface area contributed by atoms with Crippen LogP contribution in [0, 0.1) is 24.5 Å². The summed E-state index contributed by atoms with van der Waals surface area (Å²) in [7, 11) is -3.96. The molecule has 0 atom stereocenters. The van der Waals surface area contributed by atoms with E-state index in [2.05, 4.69) is 15.4 Å². The third-order valence-electron chi connectivity index (χ3n) is 6.46. The largest absolute Gasteiger partial charge is 0.379 e. The van der Waals surface area contributed by atoms with Crippen LogP contribution in [0.3, 0.4) is 0 Å². The van der Waals surface area contributed by atoms with Gasteiger partial charge in [-0.1, -0.05) is 5.16 Å². The van der Waals surface area contributed by atoms with Gasteiger partial charge in [0.2, 0.25) is 15.9 Å². The van der Waals surface area contributed by atoms with E-state index in [-0.39, 0.29) is 46.8 Å². The Labute approximate surface area is 209 Å². The van der Waals surface area contributed by atoms with Crippen LogP contribution in [0.1, 0.15) is 29.9 Å². The average Bonchev–Trinajstić information content (AvgIpc) is 3.25. The number of amides is 1. The lowest BCUT2D eigenvalue weighted by atomic mass is 9.97. The summed E-state index contributed by atoms with van der Waals surface area (Å²) in [4.78, 5) is 14.7. The van der Waals surface area contributed by atoms with E-state index in [9.17, 15) is 22.0 Å². The third-order valence-corrected chi connectivity index (χ3v) is 8.52. The van der Waals surface area contributed by atoms with Crippen LogP contribution in [0.5, 0.6) is 0 Å². The van der Waals surface area contributed by atoms with E-state index in [0.29, 0.717) is 32.6 Å². The Balaban J connectivity index is 1.36. The monoisotopic (exact) mass is 524 g/mol. The van der Waals surface area contributed by atoms with Gasteiger partial charge in [-0.05, 0) is 44.1 Å². The van der Waals surface area contributed by atoms with Gasteiger partial charge >= 0.3 is 0 Å². The standard InChI is InChI=1S/C24H30F2N4O5S/c1-17-23(22(35-28-17)5-3-18-2-4-20(25)16-21(18)26)36(32,33)30-9-6-19(7-10-30)24(31)27-8-11-29-12-14-34-15-13-29/h2-5,16,19H,6-15H2,1H3,(H,27,31). The van der Waals surface area contributed by atoms with Gasteiger partial charge in [0, 0.05) is 56.8 Å². The summed E-state index contributed by atoms with van der Waals surface area (Å²) in [5, 5.41) is 6.74. The number of piperidine rings is 1. The van der Waals surface area contributed by atoms with Crippen molar-refractivity contribution in [2.75, 3.05) is 52.5 Å². The van der Waals surface area contributed by atoms with Crippen molar-refractivity contribution in [3.8, 4) is 0 Å². The molecule has 2 aliphatic heterocycles. The van der Waals surface area contributed by atoms with E-state index >= 15 is 0 Å². The van der Waals surface area contributed by atoms with Crippen molar-refractivity contribution in [3.05, 3.63) is 46.9 Å². The Kier molecular flexibility index (Phi) is 8.50. The van der Waals surface area contributed by atoms with Gasteiger partial charge in [-0.3, -0.25) is 9.69 Å². The van der Waals surface area contributed by atoms with E-state index in [4.69, 9.17) is 9.26 Å². The molecule has 4 rings (SSSR count). The lowest BCUT2D eigenvalue weighted by Gasteiger charge is -2.31. The summed E-state index contributed by atoms with van der Waals surface area (Å²) >= 11 is 0. The van der Waals surface area contributed by atoms with Crippen molar-refractivity contribution in [2.24, 2.45) is 5.92 Å². The highest BCUT2D eigenvalue weighted by molar-refractivity contribution is 7.89. The van der Waals surface area contributed by atoms with Gasteiger partial charge in [0.1, 0.15) is 17.3 Å². The van der Waals surface area contributed by atoms with E-state index in [1.807, 2.05) is 0 Å². The minimum Gasteiger partial charge on any atom is -0.379 e. The Morgan fingerprint density at radius 3 is 2.58 bits per heavy atom. The maximum absolute atomic E-state index is 14.0. The fourth-order valence-electron chi connectivity index (χ4n) is 4.39. The number of sulfonamides is 1. The molecule has 0 bridgehead atoms. The Hall–Kier alpha value is -2.67. The number of carbonyl (C=O) groups excluding carboxylic acids is 1. The molecule has 2 saturated heterocycles. The van der Waals surface area contributed by atoms with Gasteiger partial charge < -0.3 is 14.6 Å². The van der Waals surface area contributed by atoms with Crippen molar-refractivity contribution in [1.29, 1.82) is 0 Å². The van der Waals surface area contributed by atoms with Crippen LogP contribution in [-0.2, 0) is 19.6 Å². The molecule has 3 heterocycles. The molecule has 2 aromatic rings. The van der Waals surface area contributed by atoms with E-state index in [1.54, 1.807) is 0 Å². The first-order valence-corrected chi connectivity index (χ1v) is 13.4. The first-order chi connectivity index (χ1) is 17.3. The molecule has 1 N–H and O–H groups in total. The van der Waals surface area contributed by atoms with Gasteiger partial charge in [0.25, 0.3) is 0 Å². The molecule has 2 aliphatic rings. The normalized spacial score (nSPS) is 18.6. The van der Waals surface area contributed by atoms with Crippen molar-refractivity contribution in [1.82, 2.24) is 19.7 Å². The first-order valence-electron chi connectivity index (χ1n) is 11.9. The molecule has 1 aromatic heterocycles. The molecule has 9 nitrogen and oxygen atoms in total. The van der Waals surface area contributed by atoms with Crippen LogP contribution in [-0.4, -0.2) is 81.2 Å². The second kappa shape index (κ2) is 11.6. The number of nitrogens with zero attached hydrogens (tertiary/aromatic N) is 3. The molecule has 0 radical (unpaired) electrons. The van der Waals surface area contributed by atoms with Gasteiger partial charge in [0.15, 0.2) is 10.7 Å². The second-order valence-corrected chi connectivity index (χ2v) is 10.8. The van der Waals surface area contributed by atoms with E-state index in [1.165, 1.54) is 29.4 Å². The van der Waals surface area contributed by atoms with Gasteiger partial charge in [0.05, 0.1) is 13.2 Å². The number of morpholine rings is 1. The van der Waals surface area contributed by atoms with Crippen LogP contribution in [0.15, 0.2) is 27.6 Å². The predicted molar refractivity (Wildman–Crippen MR) is 128 cm³/mol. The zero-order chi connectivity index (χ0) is 25.7. The number of benzene rings is 1. The molecule has 12 heteroatoms. The summed E-state index contributed by atoms with van der Waals surface area (Å²) in [6.07, 6.45) is 3.41. The summed E-state index contributed by atoms with van der Waals surface area (Å²) in [6, 6.07) is 3.09. The first kappa shape index (κ1) is 26.4. The molecule has 0 spiro atoms. The minimum absolute atomic E-state index is 0.0424. The quantitative estimate of drug-likeness (QED) is 0.565. The van der Waals surface area contributed by atoms with Crippen LogP contribution in [0.2, 0.25) is 0 Å². The van der Waals surface area contributed by atoms with Crippen LogP contribution >= 0.6 is 0 Å². The molecule has 0 unspecified atom stereocenters. The number of hydrogen-bond acceptors (Lipinski definition) is 7. The topological polar surface area (TPSA) is 105 Å². The zero-order valence-corrected chi connectivity index (χ0v) is 20.9. The summed E-state index contributed by atoms with van der Waals surface area (Å²) < 4.78 is 65.7. The highest BCUT2D eigenvalue weighted by Crippen LogP contribution is 2.29. The highest BCUT2D eigenvalue weighted by atomic mass is 32.2. The SMILES string of the molecule is Cc1noc(C=Cc2ccc(F)cc2F)c1S(=O)(=O)N1CCC(C(=O)NCCN2CCOCC2)CC1. The van der Waals surface area contributed by atoms with Gasteiger partial charge in [-0.15, -0.1) is 0 Å². The summed E-state index contributed by atoms with van der Waals surface area (Å²) in [6.45, 7) is 6.29. The van der Waals surface area contributed by atoms with Crippen LogP contribution in [0.4, 0.5) is 8.78 Å². The Bertz CT molecular complexity index is 1200. The van der Waals surface area contributed by atoms with Crippen LogP contribution < -0.4 is 5.32 Å². The van der Waals surface area contributed by atoms with Crippen molar-refractivity contribution >= 4 is 28.1 Å². The number of hydrogen-bond donors (Lipinski definition) is 1. The second-order valence-electron chi connectivity index (χ2n) is 8.88. The van der Waals surface area contributed by atoms with Gasteiger partial charge in [-0.2, -0.15) is 4.31 Å². The molecular formula is C24H30F2N4O5S. The fourth-order valence-corrected chi connectivity index (χ4v) is 6.11. The minimum atomic E-state index is -3.96. The smallest absolute Gasteiger partial charge is 0.248 e. The molecule has 1 aromatic carbocycles. The Morgan fingerprint density at radius 2 is 1.89 bits per heavy atom. The van der Waals surface area contributed by atoms with E-state index in [0.717, 1.165) is 31.8 Å². The maximum atomic E-state index is 14.0. The molecule has 36 heavy (non-hydrogen) atoms. The molecule has 0 aliphatic carbocycles. The number of nitrogens with one attached hydrogen (secondary N) is 1. The number of aromatic nitrogens is 1. The van der Waals surface area contributed by atoms with Crippen LogP contribution in [0.25, 0.3) is 12.2 Å². The molecule has 2 fully saturated rings. The van der Waals surface area contributed by atoms with Crippen molar-refractivity contribution < 1.29 is 31.3 Å². The van der Waals surface area contributed by atoms with Crippen molar-refractivity contribution in [3.63, 3.8) is 0 Å². The maximum Gasteiger partial charge on any atom is 0.248 e. The molecule has 196 valence electrons. The number of aryl methyl sites for hydroxylation is 1. The van der Waals surface area contributed by atoms with E-state index < -0.39 is 21.7 Å². The highest BCUT2D eigenvalue weighted by Gasteiger charge is 2.35. The number of ether oxygens (including phenoxy) is 1. The van der Waals surface area contributed by atoms with Crippen molar-refractivity contribution in [2.45, 2.75) is 24.7 Å². The number of halogens is 2. The average molecular weight is 525 g/mol. The number of rotatable bonds is 8. The summed E-state index contributed by atoms with van der Waals surface area (Å²) in [5.41, 5.74) is 0.256.